The first-order chi connectivity index (χ1) is 14.5. The molecule has 1 saturated heterocycles. The summed E-state index contributed by atoms with van der Waals surface area (Å²) in [6, 6.07) is 12.1. The summed E-state index contributed by atoms with van der Waals surface area (Å²) in [5, 5.41) is 11.0. The first kappa shape index (κ1) is 21.6. The van der Waals surface area contributed by atoms with Crippen molar-refractivity contribution in [1.29, 1.82) is 0 Å². The van der Waals surface area contributed by atoms with E-state index in [9.17, 15) is 4.39 Å². The average molecular weight is 465 g/mol. The third kappa shape index (κ3) is 4.83. The highest BCUT2D eigenvalue weighted by atomic mass is 35.5. The fourth-order valence-electron chi connectivity index (χ4n) is 3.73. The Kier molecular flexibility index (Phi) is 6.98. The number of hydrogen-bond donors (Lipinski definition) is 0. The van der Waals surface area contributed by atoms with Gasteiger partial charge in [-0.15, -0.1) is 10.2 Å². The summed E-state index contributed by atoms with van der Waals surface area (Å²) >= 11 is 13.9. The molecule has 1 aliphatic heterocycles. The molecule has 1 aromatic heterocycles. The van der Waals surface area contributed by atoms with Gasteiger partial charge in [0.2, 0.25) is 0 Å². The van der Waals surface area contributed by atoms with Crippen molar-refractivity contribution in [2.24, 2.45) is 0 Å². The Hall–Kier alpha value is -1.60. The van der Waals surface area contributed by atoms with Crippen molar-refractivity contribution in [2.75, 3.05) is 13.1 Å². The maximum absolute atomic E-state index is 13.5. The summed E-state index contributed by atoms with van der Waals surface area (Å²) in [7, 11) is 0. The third-order valence-electron chi connectivity index (χ3n) is 5.43. The Morgan fingerprint density at radius 1 is 1.03 bits per heavy atom. The smallest absolute Gasteiger partial charge is 0.196 e. The molecule has 0 amide bonds. The van der Waals surface area contributed by atoms with Gasteiger partial charge < -0.3 is 0 Å². The summed E-state index contributed by atoms with van der Waals surface area (Å²) in [4.78, 5) is 2.44. The van der Waals surface area contributed by atoms with Gasteiger partial charge in [0, 0.05) is 21.5 Å². The standard InChI is InChI=1S/C22H23Cl2FN4S/c1-15(28-11-3-2-4-12-28)21-26-27-22(29(21)19-9-7-18(25)8-10-19)30-14-16-5-6-17(23)13-20(16)24/h5-10,13,15H,2-4,11-12,14H2,1H3. The molecule has 1 aliphatic rings. The molecule has 0 bridgehead atoms. The van der Waals surface area contributed by atoms with E-state index in [4.69, 9.17) is 23.2 Å². The third-order valence-corrected chi connectivity index (χ3v) is 6.99. The van der Waals surface area contributed by atoms with Crippen molar-refractivity contribution >= 4 is 35.0 Å². The largest absolute Gasteiger partial charge is 0.294 e. The Morgan fingerprint density at radius 3 is 2.47 bits per heavy atom. The molecule has 158 valence electrons. The number of benzene rings is 2. The molecular formula is C22H23Cl2FN4S. The molecule has 30 heavy (non-hydrogen) atoms. The minimum Gasteiger partial charge on any atom is -0.294 e. The Labute approximate surface area is 190 Å². The van der Waals surface area contributed by atoms with Crippen molar-refractivity contribution in [3.05, 3.63) is 69.7 Å². The van der Waals surface area contributed by atoms with E-state index in [1.807, 2.05) is 16.7 Å². The molecule has 4 nitrogen and oxygen atoms in total. The van der Waals surface area contributed by atoms with Gasteiger partial charge in [-0.3, -0.25) is 9.47 Å². The van der Waals surface area contributed by atoms with Gasteiger partial charge in [-0.05, 0) is 74.8 Å². The van der Waals surface area contributed by atoms with E-state index in [1.165, 1.54) is 31.4 Å². The first-order valence-electron chi connectivity index (χ1n) is 10.0. The Balaban J connectivity index is 1.65. The molecule has 0 radical (unpaired) electrons. The summed E-state index contributed by atoms with van der Waals surface area (Å²) in [6.45, 7) is 4.28. The lowest BCUT2D eigenvalue weighted by Crippen LogP contribution is -2.33. The normalized spacial score (nSPS) is 16.0. The van der Waals surface area contributed by atoms with Crippen LogP contribution in [0.3, 0.4) is 0 Å². The van der Waals surface area contributed by atoms with Gasteiger partial charge in [-0.1, -0.05) is 47.5 Å². The summed E-state index contributed by atoms with van der Waals surface area (Å²) in [6.07, 6.45) is 3.67. The predicted octanol–water partition coefficient (Wildman–Crippen LogP) is 6.55. The number of hydrogen-bond acceptors (Lipinski definition) is 4. The maximum Gasteiger partial charge on any atom is 0.196 e. The Bertz CT molecular complexity index is 1000. The molecule has 4 rings (SSSR count). The highest BCUT2D eigenvalue weighted by molar-refractivity contribution is 7.98. The first-order valence-corrected chi connectivity index (χ1v) is 11.8. The molecule has 1 fully saturated rings. The monoisotopic (exact) mass is 464 g/mol. The van der Waals surface area contributed by atoms with Crippen LogP contribution in [0.5, 0.6) is 0 Å². The van der Waals surface area contributed by atoms with E-state index in [2.05, 4.69) is 22.0 Å². The second-order valence-electron chi connectivity index (χ2n) is 7.45. The minimum absolute atomic E-state index is 0.122. The van der Waals surface area contributed by atoms with Crippen LogP contribution in [0.25, 0.3) is 5.69 Å². The molecule has 0 saturated carbocycles. The molecule has 1 atom stereocenters. The van der Waals surface area contributed by atoms with Crippen molar-refractivity contribution in [3.8, 4) is 5.69 Å². The summed E-state index contributed by atoms with van der Waals surface area (Å²) < 4.78 is 15.6. The van der Waals surface area contributed by atoms with Gasteiger partial charge in [0.05, 0.1) is 6.04 Å². The van der Waals surface area contributed by atoms with E-state index in [-0.39, 0.29) is 11.9 Å². The van der Waals surface area contributed by atoms with Crippen LogP contribution in [0.15, 0.2) is 47.6 Å². The van der Waals surface area contributed by atoms with Crippen LogP contribution >= 0.6 is 35.0 Å². The SMILES string of the molecule is CC(c1nnc(SCc2ccc(Cl)cc2Cl)n1-c1ccc(F)cc1)N1CCCCC1. The number of thioether (sulfide) groups is 1. The number of likely N-dealkylation sites (tertiary alicyclic amines) is 1. The fraction of sp³-hybridized carbons (Fsp3) is 0.364. The molecular weight excluding hydrogens is 442 g/mol. The van der Waals surface area contributed by atoms with Crippen LogP contribution < -0.4 is 0 Å². The topological polar surface area (TPSA) is 34.0 Å². The molecule has 1 unspecified atom stereocenters. The number of halogens is 3. The molecule has 3 aromatic rings. The second kappa shape index (κ2) is 9.69. The lowest BCUT2D eigenvalue weighted by atomic mass is 10.1. The molecule has 0 spiro atoms. The molecule has 2 aromatic carbocycles. The van der Waals surface area contributed by atoms with Crippen LogP contribution in [-0.4, -0.2) is 32.8 Å². The van der Waals surface area contributed by atoms with Gasteiger partial charge in [0.15, 0.2) is 11.0 Å². The van der Waals surface area contributed by atoms with Crippen LogP contribution in [0.4, 0.5) is 4.39 Å². The van der Waals surface area contributed by atoms with Crippen molar-refractivity contribution in [1.82, 2.24) is 19.7 Å². The zero-order valence-corrected chi connectivity index (χ0v) is 19.0. The van der Waals surface area contributed by atoms with Crippen LogP contribution in [0.2, 0.25) is 10.0 Å². The summed E-state index contributed by atoms with van der Waals surface area (Å²) in [5.41, 5.74) is 1.83. The van der Waals surface area contributed by atoms with E-state index in [0.717, 1.165) is 35.3 Å². The second-order valence-corrected chi connectivity index (χ2v) is 9.24. The van der Waals surface area contributed by atoms with Crippen molar-refractivity contribution in [3.63, 3.8) is 0 Å². The van der Waals surface area contributed by atoms with Gasteiger partial charge in [-0.2, -0.15) is 0 Å². The van der Waals surface area contributed by atoms with Crippen molar-refractivity contribution < 1.29 is 4.39 Å². The van der Waals surface area contributed by atoms with E-state index in [1.54, 1.807) is 30.0 Å². The number of piperidine rings is 1. The van der Waals surface area contributed by atoms with E-state index in [0.29, 0.717) is 15.8 Å². The number of aromatic nitrogens is 3. The summed E-state index contributed by atoms with van der Waals surface area (Å²) in [5.74, 6) is 1.24. The van der Waals surface area contributed by atoms with Gasteiger partial charge >= 0.3 is 0 Å². The predicted molar refractivity (Wildman–Crippen MR) is 121 cm³/mol. The fourth-order valence-corrected chi connectivity index (χ4v) is 5.25. The van der Waals surface area contributed by atoms with Crippen molar-refractivity contribution in [2.45, 2.75) is 43.1 Å². The van der Waals surface area contributed by atoms with Crippen LogP contribution in [0, 0.1) is 5.82 Å². The lowest BCUT2D eigenvalue weighted by Gasteiger charge is -2.31. The zero-order chi connectivity index (χ0) is 21.1. The number of nitrogens with zero attached hydrogens (tertiary/aromatic N) is 4. The Morgan fingerprint density at radius 2 is 1.77 bits per heavy atom. The van der Waals surface area contributed by atoms with Gasteiger partial charge in [0.25, 0.3) is 0 Å². The van der Waals surface area contributed by atoms with Gasteiger partial charge in [-0.25, -0.2) is 4.39 Å². The molecule has 2 heterocycles. The minimum atomic E-state index is -0.264. The molecule has 0 N–H and O–H groups in total. The highest BCUT2D eigenvalue weighted by Crippen LogP contribution is 2.32. The lowest BCUT2D eigenvalue weighted by molar-refractivity contribution is 0.167. The zero-order valence-electron chi connectivity index (χ0n) is 16.7. The highest BCUT2D eigenvalue weighted by Gasteiger charge is 2.25. The van der Waals surface area contributed by atoms with E-state index < -0.39 is 0 Å². The molecule has 0 aliphatic carbocycles. The maximum atomic E-state index is 13.5. The van der Waals surface area contributed by atoms with E-state index >= 15 is 0 Å². The quantitative estimate of drug-likeness (QED) is 0.387. The van der Waals surface area contributed by atoms with Crippen LogP contribution in [-0.2, 0) is 5.75 Å². The van der Waals surface area contributed by atoms with Gasteiger partial charge in [0.1, 0.15) is 5.82 Å². The molecule has 8 heteroatoms. The number of rotatable bonds is 6. The van der Waals surface area contributed by atoms with Crippen LogP contribution in [0.1, 0.15) is 43.6 Å². The average Bonchev–Trinajstić information content (AvgIpc) is 3.17.